The Hall–Kier alpha value is -0.990. The fourth-order valence-corrected chi connectivity index (χ4v) is 3.28. The van der Waals surface area contributed by atoms with Crippen molar-refractivity contribution in [2.45, 2.75) is 20.0 Å². The summed E-state index contributed by atoms with van der Waals surface area (Å²) in [6.07, 6.45) is 1.93. The van der Waals surface area contributed by atoms with Gasteiger partial charge in [0.05, 0.1) is 23.7 Å². The highest BCUT2D eigenvalue weighted by Crippen LogP contribution is 2.03. The van der Waals surface area contributed by atoms with E-state index < -0.39 is 9.84 Å². The van der Waals surface area contributed by atoms with Gasteiger partial charge in [-0.25, -0.2) is 8.42 Å². The molecule has 0 atom stereocenters. The molecule has 1 aromatic heterocycles. The van der Waals surface area contributed by atoms with Crippen LogP contribution in [0.1, 0.15) is 12.6 Å². The maximum absolute atomic E-state index is 11.3. The molecule has 1 saturated heterocycles. The molecule has 0 unspecified atom stereocenters. The first-order valence-corrected chi connectivity index (χ1v) is 8.44. The summed E-state index contributed by atoms with van der Waals surface area (Å²) in [6.45, 7) is 6.52. The average molecular weight is 287 g/mol. The molecule has 0 bridgehead atoms. The number of nitrogens with one attached hydrogen (secondary N) is 1. The van der Waals surface area contributed by atoms with Gasteiger partial charge in [0.1, 0.15) is 0 Å². The molecule has 0 amide bonds. The van der Waals surface area contributed by atoms with E-state index in [-0.39, 0.29) is 11.5 Å². The highest BCUT2D eigenvalue weighted by molar-refractivity contribution is 7.91. The largest absolute Gasteiger partial charge is 0.311 e. The van der Waals surface area contributed by atoms with Crippen molar-refractivity contribution in [3.8, 4) is 0 Å². The first-order valence-electron chi connectivity index (χ1n) is 6.61. The Morgan fingerprint density at radius 2 is 2.05 bits per heavy atom. The number of nitrogens with zero attached hydrogens (tertiary/aromatic N) is 4. The van der Waals surface area contributed by atoms with Crippen molar-refractivity contribution >= 4 is 9.84 Å². The van der Waals surface area contributed by atoms with Gasteiger partial charge in [0.25, 0.3) is 0 Å². The lowest BCUT2D eigenvalue weighted by atomic mass is 10.4. The molecule has 0 spiro atoms. The Balaban J connectivity index is 1.75. The molecular formula is C11H21N5O2S. The van der Waals surface area contributed by atoms with Crippen LogP contribution in [0.3, 0.4) is 0 Å². The van der Waals surface area contributed by atoms with Crippen molar-refractivity contribution in [3.63, 3.8) is 0 Å². The van der Waals surface area contributed by atoms with Crippen molar-refractivity contribution < 1.29 is 8.42 Å². The summed E-state index contributed by atoms with van der Waals surface area (Å²) in [4.78, 5) is 2.16. The maximum Gasteiger partial charge on any atom is 0.152 e. The molecule has 19 heavy (non-hydrogen) atoms. The van der Waals surface area contributed by atoms with Crippen LogP contribution in [0, 0.1) is 0 Å². The van der Waals surface area contributed by atoms with E-state index in [4.69, 9.17) is 0 Å². The summed E-state index contributed by atoms with van der Waals surface area (Å²) in [5.74, 6) is 0.548. The van der Waals surface area contributed by atoms with Crippen molar-refractivity contribution in [2.75, 3.05) is 37.7 Å². The van der Waals surface area contributed by atoms with Gasteiger partial charge in [-0.05, 0) is 6.54 Å². The topological polar surface area (TPSA) is 80.1 Å². The zero-order valence-electron chi connectivity index (χ0n) is 11.2. The molecule has 1 N–H and O–H groups in total. The number of hydrogen-bond donors (Lipinski definition) is 1. The minimum atomic E-state index is -2.79. The summed E-state index contributed by atoms with van der Waals surface area (Å²) in [5, 5.41) is 11.3. The van der Waals surface area contributed by atoms with Crippen LogP contribution < -0.4 is 5.32 Å². The van der Waals surface area contributed by atoms with Gasteiger partial charge in [-0.2, -0.15) is 0 Å². The van der Waals surface area contributed by atoms with E-state index >= 15 is 0 Å². The molecule has 108 valence electrons. The van der Waals surface area contributed by atoms with Crippen LogP contribution in [0.4, 0.5) is 0 Å². The van der Waals surface area contributed by atoms with Crippen LogP contribution in [0.15, 0.2) is 6.20 Å². The Labute approximate surface area is 113 Å². The Morgan fingerprint density at radius 1 is 1.32 bits per heavy atom. The van der Waals surface area contributed by atoms with Gasteiger partial charge in [-0.1, -0.05) is 12.1 Å². The second-order valence-corrected chi connectivity index (χ2v) is 7.05. The van der Waals surface area contributed by atoms with Crippen LogP contribution in [0.5, 0.6) is 0 Å². The van der Waals surface area contributed by atoms with Crippen LogP contribution in [-0.4, -0.2) is 66.0 Å². The van der Waals surface area contributed by atoms with Gasteiger partial charge in [0.15, 0.2) is 9.84 Å². The van der Waals surface area contributed by atoms with Crippen LogP contribution in [0.2, 0.25) is 0 Å². The molecule has 2 heterocycles. The van der Waals surface area contributed by atoms with E-state index in [9.17, 15) is 8.42 Å². The predicted molar refractivity (Wildman–Crippen MR) is 72.5 cm³/mol. The first-order chi connectivity index (χ1) is 9.09. The summed E-state index contributed by atoms with van der Waals surface area (Å²) in [6, 6.07) is 0. The third-order valence-electron chi connectivity index (χ3n) is 3.22. The molecule has 0 aliphatic carbocycles. The fraction of sp³-hybridized carbons (Fsp3) is 0.818. The molecule has 1 aliphatic heterocycles. The normalized spacial score (nSPS) is 19.6. The zero-order valence-corrected chi connectivity index (χ0v) is 12.1. The second kappa shape index (κ2) is 6.44. The first kappa shape index (κ1) is 14.4. The third kappa shape index (κ3) is 4.55. The summed E-state index contributed by atoms with van der Waals surface area (Å²) in [5.41, 5.74) is 0.933. The van der Waals surface area contributed by atoms with Gasteiger partial charge in [0, 0.05) is 32.4 Å². The number of hydrogen-bond acceptors (Lipinski definition) is 6. The van der Waals surface area contributed by atoms with E-state index in [1.165, 1.54) is 0 Å². The van der Waals surface area contributed by atoms with Gasteiger partial charge < -0.3 is 5.32 Å². The number of aromatic nitrogens is 3. The molecule has 7 nitrogen and oxygen atoms in total. The number of rotatable bonds is 6. The molecular weight excluding hydrogens is 266 g/mol. The molecule has 0 saturated carbocycles. The smallest absolute Gasteiger partial charge is 0.152 e. The van der Waals surface area contributed by atoms with Gasteiger partial charge in [-0.3, -0.25) is 9.58 Å². The summed E-state index contributed by atoms with van der Waals surface area (Å²) < 4.78 is 24.4. The standard InChI is InChI=1S/C11H21N5O2S/c1-2-12-9-11-10-16(14-13-11)4-3-15-5-7-19(17,18)8-6-15/h10,12H,2-9H2,1H3. The Morgan fingerprint density at radius 3 is 2.74 bits per heavy atom. The predicted octanol–water partition coefficient (Wildman–Crippen LogP) is -0.882. The zero-order chi connectivity index (χ0) is 13.7. The second-order valence-electron chi connectivity index (χ2n) is 4.75. The highest BCUT2D eigenvalue weighted by Gasteiger charge is 2.21. The minimum Gasteiger partial charge on any atom is -0.311 e. The van der Waals surface area contributed by atoms with Gasteiger partial charge in [0.2, 0.25) is 0 Å². The minimum absolute atomic E-state index is 0.274. The Bertz CT molecular complexity index is 485. The molecule has 8 heteroatoms. The fourth-order valence-electron chi connectivity index (χ4n) is 2.00. The van der Waals surface area contributed by atoms with E-state index in [0.717, 1.165) is 31.9 Å². The van der Waals surface area contributed by atoms with Crippen molar-refractivity contribution in [1.29, 1.82) is 0 Å². The molecule has 2 rings (SSSR count). The molecule has 1 aromatic rings. The van der Waals surface area contributed by atoms with E-state index in [0.29, 0.717) is 13.1 Å². The molecule has 1 aliphatic rings. The van der Waals surface area contributed by atoms with Gasteiger partial charge in [-0.15, -0.1) is 5.10 Å². The monoisotopic (exact) mass is 287 g/mol. The van der Waals surface area contributed by atoms with E-state index in [2.05, 4.69) is 27.5 Å². The molecule has 1 fully saturated rings. The van der Waals surface area contributed by atoms with Crippen LogP contribution >= 0.6 is 0 Å². The van der Waals surface area contributed by atoms with E-state index in [1.54, 1.807) is 0 Å². The third-order valence-corrected chi connectivity index (χ3v) is 4.83. The van der Waals surface area contributed by atoms with Gasteiger partial charge >= 0.3 is 0 Å². The van der Waals surface area contributed by atoms with Crippen molar-refractivity contribution in [3.05, 3.63) is 11.9 Å². The Kier molecular flexibility index (Phi) is 4.89. The molecule has 0 radical (unpaired) electrons. The summed E-state index contributed by atoms with van der Waals surface area (Å²) in [7, 11) is -2.79. The SMILES string of the molecule is CCNCc1cn(CCN2CCS(=O)(=O)CC2)nn1. The number of sulfone groups is 1. The van der Waals surface area contributed by atoms with Crippen LogP contribution in [-0.2, 0) is 22.9 Å². The highest BCUT2D eigenvalue weighted by atomic mass is 32.2. The van der Waals surface area contributed by atoms with Crippen molar-refractivity contribution in [1.82, 2.24) is 25.2 Å². The maximum atomic E-state index is 11.3. The summed E-state index contributed by atoms with van der Waals surface area (Å²) >= 11 is 0. The quantitative estimate of drug-likeness (QED) is 0.732. The average Bonchev–Trinajstić information content (AvgIpc) is 2.83. The lowest BCUT2D eigenvalue weighted by Gasteiger charge is -2.26. The molecule has 0 aromatic carbocycles. The lowest BCUT2D eigenvalue weighted by Crippen LogP contribution is -2.41. The van der Waals surface area contributed by atoms with E-state index in [1.807, 2.05) is 10.9 Å². The lowest BCUT2D eigenvalue weighted by molar-refractivity contribution is 0.277. The van der Waals surface area contributed by atoms with Crippen LogP contribution in [0.25, 0.3) is 0 Å². The van der Waals surface area contributed by atoms with Crippen molar-refractivity contribution in [2.24, 2.45) is 0 Å².